The van der Waals surface area contributed by atoms with Crippen LogP contribution in [0.1, 0.15) is 27.2 Å². The zero-order chi connectivity index (χ0) is 10.3. The van der Waals surface area contributed by atoms with E-state index in [1.165, 1.54) is 0 Å². The molecule has 0 saturated heterocycles. The van der Waals surface area contributed by atoms with Crippen LogP contribution in [0.15, 0.2) is 0 Å². The van der Waals surface area contributed by atoms with Crippen molar-refractivity contribution in [1.82, 2.24) is 10.6 Å². The summed E-state index contributed by atoms with van der Waals surface area (Å²) in [5.41, 5.74) is 0.114. The SMILES string of the molecule is CC(C)(C)NCCCNCC(F)F. The molecule has 0 aliphatic heterocycles. The monoisotopic (exact) mass is 194 g/mol. The second-order valence-corrected chi connectivity index (χ2v) is 4.13. The highest BCUT2D eigenvalue weighted by atomic mass is 19.3. The molecule has 0 aromatic heterocycles. The molecule has 0 atom stereocenters. The van der Waals surface area contributed by atoms with Gasteiger partial charge in [0.05, 0.1) is 6.54 Å². The van der Waals surface area contributed by atoms with Gasteiger partial charge in [0.1, 0.15) is 0 Å². The average Bonchev–Trinajstić information content (AvgIpc) is 1.93. The second kappa shape index (κ2) is 6.27. The number of halogens is 2. The minimum atomic E-state index is -2.24. The minimum absolute atomic E-state index is 0.114. The highest BCUT2D eigenvalue weighted by Crippen LogP contribution is 1.97. The number of nitrogens with one attached hydrogen (secondary N) is 2. The van der Waals surface area contributed by atoms with E-state index in [2.05, 4.69) is 31.4 Å². The van der Waals surface area contributed by atoms with E-state index >= 15 is 0 Å². The molecule has 0 radical (unpaired) electrons. The van der Waals surface area contributed by atoms with Gasteiger partial charge in [0.15, 0.2) is 0 Å². The molecular formula is C9H20F2N2. The molecule has 0 bridgehead atoms. The van der Waals surface area contributed by atoms with E-state index in [0.717, 1.165) is 13.0 Å². The zero-order valence-corrected chi connectivity index (χ0v) is 8.66. The molecule has 0 fully saturated rings. The van der Waals surface area contributed by atoms with Gasteiger partial charge in [-0.1, -0.05) is 0 Å². The summed E-state index contributed by atoms with van der Waals surface area (Å²) in [5, 5.41) is 5.96. The van der Waals surface area contributed by atoms with Crippen LogP contribution in [0, 0.1) is 0 Å². The number of hydrogen-bond donors (Lipinski definition) is 2. The molecule has 4 heteroatoms. The van der Waals surface area contributed by atoms with Crippen LogP contribution in [0.4, 0.5) is 8.78 Å². The fourth-order valence-corrected chi connectivity index (χ4v) is 0.888. The summed E-state index contributed by atoms with van der Waals surface area (Å²) >= 11 is 0. The Balaban J connectivity index is 3.09. The Hall–Kier alpha value is -0.220. The normalized spacial score (nSPS) is 12.5. The standard InChI is InChI=1S/C9H20F2N2/c1-9(2,3)13-6-4-5-12-7-8(10)11/h8,12-13H,4-7H2,1-3H3. The Kier molecular flexibility index (Phi) is 6.16. The second-order valence-electron chi connectivity index (χ2n) is 4.13. The van der Waals surface area contributed by atoms with E-state index in [4.69, 9.17) is 0 Å². The molecule has 0 saturated carbocycles. The third-order valence-corrected chi connectivity index (χ3v) is 1.48. The van der Waals surface area contributed by atoms with Gasteiger partial charge >= 0.3 is 0 Å². The number of alkyl halides is 2. The van der Waals surface area contributed by atoms with E-state index < -0.39 is 6.43 Å². The van der Waals surface area contributed by atoms with Gasteiger partial charge in [-0.15, -0.1) is 0 Å². The van der Waals surface area contributed by atoms with Gasteiger partial charge in [0.25, 0.3) is 6.43 Å². The summed E-state index contributed by atoms with van der Waals surface area (Å²) in [6, 6.07) is 0. The lowest BCUT2D eigenvalue weighted by Gasteiger charge is -2.20. The molecule has 0 rings (SSSR count). The summed E-state index contributed by atoms with van der Waals surface area (Å²) in [6.07, 6.45) is -1.36. The summed E-state index contributed by atoms with van der Waals surface area (Å²) in [4.78, 5) is 0. The molecule has 0 unspecified atom stereocenters. The molecule has 2 N–H and O–H groups in total. The maximum absolute atomic E-state index is 11.7. The van der Waals surface area contributed by atoms with Crippen LogP contribution >= 0.6 is 0 Å². The van der Waals surface area contributed by atoms with E-state index in [1.807, 2.05) is 0 Å². The van der Waals surface area contributed by atoms with Crippen molar-refractivity contribution in [3.63, 3.8) is 0 Å². The van der Waals surface area contributed by atoms with Gasteiger partial charge in [-0.25, -0.2) is 8.78 Å². The van der Waals surface area contributed by atoms with Crippen molar-refractivity contribution in [3.05, 3.63) is 0 Å². The first kappa shape index (κ1) is 12.8. The Morgan fingerprint density at radius 2 is 1.77 bits per heavy atom. The minimum Gasteiger partial charge on any atom is -0.312 e. The van der Waals surface area contributed by atoms with E-state index in [1.54, 1.807) is 0 Å². The fraction of sp³-hybridized carbons (Fsp3) is 1.00. The molecule has 13 heavy (non-hydrogen) atoms. The van der Waals surface area contributed by atoms with Gasteiger partial charge in [0.2, 0.25) is 0 Å². The van der Waals surface area contributed by atoms with Crippen molar-refractivity contribution in [2.24, 2.45) is 0 Å². The predicted octanol–water partition coefficient (Wildman–Crippen LogP) is 1.62. The summed E-state index contributed by atoms with van der Waals surface area (Å²) in [6.45, 7) is 7.56. The Labute approximate surface area is 79.1 Å². The van der Waals surface area contributed by atoms with Gasteiger partial charge < -0.3 is 10.6 Å². The van der Waals surface area contributed by atoms with Crippen molar-refractivity contribution >= 4 is 0 Å². The molecular weight excluding hydrogens is 174 g/mol. The van der Waals surface area contributed by atoms with Crippen LogP contribution < -0.4 is 10.6 Å². The molecule has 0 spiro atoms. The maximum Gasteiger partial charge on any atom is 0.250 e. The largest absolute Gasteiger partial charge is 0.312 e. The lowest BCUT2D eigenvalue weighted by atomic mass is 10.1. The van der Waals surface area contributed by atoms with Gasteiger partial charge in [-0.2, -0.15) is 0 Å². The smallest absolute Gasteiger partial charge is 0.250 e. The summed E-state index contributed by atoms with van der Waals surface area (Å²) < 4.78 is 23.3. The highest BCUT2D eigenvalue weighted by molar-refractivity contribution is 4.69. The molecule has 0 aliphatic rings. The summed E-state index contributed by atoms with van der Waals surface area (Å²) in [5.74, 6) is 0. The van der Waals surface area contributed by atoms with Crippen molar-refractivity contribution in [3.8, 4) is 0 Å². The first-order valence-electron chi connectivity index (χ1n) is 4.66. The van der Waals surface area contributed by atoms with E-state index in [0.29, 0.717) is 6.54 Å². The molecule has 80 valence electrons. The van der Waals surface area contributed by atoms with Crippen molar-refractivity contribution in [2.75, 3.05) is 19.6 Å². The van der Waals surface area contributed by atoms with Crippen LogP contribution in [0.2, 0.25) is 0 Å². The number of rotatable bonds is 6. The molecule has 0 heterocycles. The van der Waals surface area contributed by atoms with Crippen molar-refractivity contribution in [2.45, 2.75) is 39.2 Å². The number of hydrogen-bond acceptors (Lipinski definition) is 2. The molecule has 0 aromatic carbocycles. The van der Waals surface area contributed by atoms with E-state index in [9.17, 15) is 8.78 Å². The third kappa shape index (κ3) is 11.8. The first-order valence-corrected chi connectivity index (χ1v) is 4.66. The van der Waals surface area contributed by atoms with Gasteiger partial charge in [-0.3, -0.25) is 0 Å². The van der Waals surface area contributed by atoms with E-state index in [-0.39, 0.29) is 12.1 Å². The Morgan fingerprint density at radius 1 is 1.15 bits per heavy atom. The molecule has 2 nitrogen and oxygen atoms in total. The van der Waals surface area contributed by atoms with Gasteiger partial charge in [-0.05, 0) is 40.3 Å². The highest BCUT2D eigenvalue weighted by Gasteiger charge is 2.07. The molecule has 0 amide bonds. The molecule has 0 aliphatic carbocycles. The molecule has 0 aromatic rings. The average molecular weight is 194 g/mol. The Bertz CT molecular complexity index is 121. The lowest BCUT2D eigenvalue weighted by molar-refractivity contribution is 0.146. The van der Waals surface area contributed by atoms with Crippen LogP contribution in [0.5, 0.6) is 0 Å². The topological polar surface area (TPSA) is 24.1 Å². The van der Waals surface area contributed by atoms with Crippen LogP contribution in [-0.2, 0) is 0 Å². The summed E-state index contributed by atoms with van der Waals surface area (Å²) in [7, 11) is 0. The Morgan fingerprint density at radius 3 is 2.23 bits per heavy atom. The first-order chi connectivity index (χ1) is 5.92. The van der Waals surface area contributed by atoms with Crippen LogP contribution in [0.25, 0.3) is 0 Å². The predicted molar refractivity (Wildman–Crippen MR) is 51.2 cm³/mol. The van der Waals surface area contributed by atoms with Gasteiger partial charge in [0, 0.05) is 5.54 Å². The van der Waals surface area contributed by atoms with Crippen LogP contribution in [-0.4, -0.2) is 31.6 Å². The quantitative estimate of drug-likeness (QED) is 0.628. The van der Waals surface area contributed by atoms with Crippen LogP contribution in [0.3, 0.4) is 0 Å². The van der Waals surface area contributed by atoms with Crippen molar-refractivity contribution < 1.29 is 8.78 Å². The zero-order valence-electron chi connectivity index (χ0n) is 8.66. The fourth-order valence-electron chi connectivity index (χ4n) is 0.888. The third-order valence-electron chi connectivity index (χ3n) is 1.48. The lowest BCUT2D eigenvalue weighted by Crippen LogP contribution is -2.37. The van der Waals surface area contributed by atoms with Crippen molar-refractivity contribution in [1.29, 1.82) is 0 Å². The maximum atomic E-state index is 11.7.